The Hall–Kier alpha value is -3.27. The first-order valence-corrected chi connectivity index (χ1v) is 10.5. The lowest BCUT2D eigenvalue weighted by atomic mass is 10.1. The summed E-state index contributed by atoms with van der Waals surface area (Å²) in [5, 5.41) is 8.40. The van der Waals surface area contributed by atoms with Gasteiger partial charge in [-0.3, -0.25) is 4.79 Å². The fourth-order valence-electron chi connectivity index (χ4n) is 2.89. The Labute approximate surface area is 184 Å². The molecule has 0 aliphatic heterocycles. The van der Waals surface area contributed by atoms with Crippen molar-refractivity contribution in [2.24, 2.45) is 0 Å². The third-order valence-corrected chi connectivity index (χ3v) is 5.61. The van der Waals surface area contributed by atoms with Crippen LogP contribution in [0.1, 0.15) is 5.56 Å². The number of thioether (sulfide) groups is 1. The van der Waals surface area contributed by atoms with Gasteiger partial charge in [0.05, 0.1) is 20.0 Å². The van der Waals surface area contributed by atoms with Gasteiger partial charge in [0.25, 0.3) is 0 Å². The second-order valence-electron chi connectivity index (χ2n) is 6.73. The Kier molecular flexibility index (Phi) is 7.35. The molecule has 8 nitrogen and oxygen atoms in total. The molecule has 2 aromatic carbocycles. The Morgan fingerprint density at radius 1 is 1.16 bits per heavy atom. The molecule has 31 heavy (non-hydrogen) atoms. The zero-order valence-electron chi connectivity index (χ0n) is 17.5. The predicted molar refractivity (Wildman–Crippen MR) is 117 cm³/mol. The van der Waals surface area contributed by atoms with Crippen LogP contribution in [-0.2, 0) is 11.2 Å². The minimum atomic E-state index is -0.388. The Morgan fingerprint density at radius 2 is 1.94 bits per heavy atom. The molecule has 0 unspecified atom stereocenters. The summed E-state index contributed by atoms with van der Waals surface area (Å²) in [4.78, 5) is 14.2. The summed E-state index contributed by atoms with van der Waals surface area (Å²) in [7, 11) is 4.92. The van der Waals surface area contributed by atoms with Crippen LogP contribution in [0.25, 0.3) is 11.4 Å². The zero-order valence-corrected chi connectivity index (χ0v) is 18.4. The molecule has 1 amide bonds. The summed E-state index contributed by atoms with van der Waals surface area (Å²) in [5.74, 6) is 7.38. The smallest absolute Gasteiger partial charge is 0.232 e. The van der Waals surface area contributed by atoms with E-state index in [-0.39, 0.29) is 17.5 Å². The Bertz CT molecular complexity index is 1060. The van der Waals surface area contributed by atoms with Gasteiger partial charge in [0, 0.05) is 19.2 Å². The van der Waals surface area contributed by atoms with Crippen LogP contribution in [0.5, 0.6) is 11.5 Å². The molecule has 1 heterocycles. The largest absolute Gasteiger partial charge is 0.493 e. The van der Waals surface area contributed by atoms with Crippen molar-refractivity contribution in [3.05, 3.63) is 53.8 Å². The number of hydrogen-bond donors (Lipinski definition) is 1. The summed E-state index contributed by atoms with van der Waals surface area (Å²) < 4.78 is 25.3. The Morgan fingerprint density at radius 3 is 2.65 bits per heavy atom. The fraction of sp³-hybridized carbons (Fsp3) is 0.286. The fourth-order valence-corrected chi connectivity index (χ4v) is 3.69. The van der Waals surface area contributed by atoms with Gasteiger partial charge < -0.3 is 20.2 Å². The van der Waals surface area contributed by atoms with Crippen molar-refractivity contribution in [2.45, 2.75) is 11.6 Å². The van der Waals surface area contributed by atoms with Gasteiger partial charge >= 0.3 is 0 Å². The van der Waals surface area contributed by atoms with E-state index in [1.165, 1.54) is 28.6 Å². The monoisotopic (exact) mass is 445 g/mol. The van der Waals surface area contributed by atoms with Crippen molar-refractivity contribution in [2.75, 3.05) is 39.4 Å². The number of amides is 1. The first-order valence-electron chi connectivity index (χ1n) is 9.47. The van der Waals surface area contributed by atoms with E-state index in [9.17, 15) is 9.18 Å². The highest BCUT2D eigenvalue weighted by Crippen LogP contribution is 2.28. The maximum atomic E-state index is 13.4. The van der Waals surface area contributed by atoms with Crippen molar-refractivity contribution >= 4 is 17.7 Å². The summed E-state index contributed by atoms with van der Waals surface area (Å²) in [6, 6.07) is 11.6. The molecule has 0 saturated carbocycles. The molecule has 1 aromatic heterocycles. The lowest BCUT2D eigenvalue weighted by molar-refractivity contribution is -0.127. The van der Waals surface area contributed by atoms with E-state index in [0.29, 0.717) is 41.0 Å². The van der Waals surface area contributed by atoms with Gasteiger partial charge in [-0.2, -0.15) is 0 Å². The number of rotatable bonds is 9. The molecule has 3 aromatic rings. The van der Waals surface area contributed by atoms with Crippen molar-refractivity contribution < 1.29 is 18.7 Å². The second kappa shape index (κ2) is 10.2. The number of ether oxygens (including phenoxy) is 2. The van der Waals surface area contributed by atoms with Crippen molar-refractivity contribution in [1.82, 2.24) is 19.8 Å². The van der Waals surface area contributed by atoms with Gasteiger partial charge in [0.1, 0.15) is 5.82 Å². The molecule has 10 heteroatoms. The number of methoxy groups -OCH3 is 2. The van der Waals surface area contributed by atoms with E-state index in [2.05, 4.69) is 10.2 Å². The van der Waals surface area contributed by atoms with E-state index >= 15 is 0 Å². The number of likely N-dealkylation sites (N-methyl/N-ethyl adjacent to an activating group) is 1. The van der Waals surface area contributed by atoms with Gasteiger partial charge in [-0.05, 0) is 36.2 Å². The van der Waals surface area contributed by atoms with Crippen LogP contribution in [0.4, 0.5) is 4.39 Å². The van der Waals surface area contributed by atoms with Gasteiger partial charge in [-0.25, -0.2) is 9.07 Å². The highest BCUT2D eigenvalue weighted by molar-refractivity contribution is 7.99. The molecule has 0 aliphatic carbocycles. The van der Waals surface area contributed by atoms with E-state index in [4.69, 9.17) is 15.3 Å². The van der Waals surface area contributed by atoms with Crippen molar-refractivity contribution in [3.8, 4) is 22.9 Å². The molecule has 0 atom stereocenters. The quantitative estimate of drug-likeness (QED) is 0.400. The lowest BCUT2D eigenvalue weighted by Crippen LogP contribution is -2.30. The minimum absolute atomic E-state index is 0.0687. The number of nitrogen functional groups attached to an aromatic ring is 1. The Balaban J connectivity index is 1.55. The molecule has 0 fully saturated rings. The maximum absolute atomic E-state index is 13.4. The zero-order chi connectivity index (χ0) is 22.4. The van der Waals surface area contributed by atoms with Crippen LogP contribution in [0, 0.1) is 5.82 Å². The SMILES string of the molecule is COc1ccc(CCN(C)C(=O)CSc2nnc(-c3cccc(F)c3)n2N)cc1OC. The first-order chi connectivity index (χ1) is 14.9. The van der Waals surface area contributed by atoms with Gasteiger partial charge in [0.2, 0.25) is 11.1 Å². The molecular weight excluding hydrogens is 421 g/mol. The average molecular weight is 446 g/mol. The van der Waals surface area contributed by atoms with Crippen LogP contribution in [-0.4, -0.2) is 59.2 Å². The van der Waals surface area contributed by atoms with Gasteiger partial charge in [0.15, 0.2) is 17.3 Å². The average Bonchev–Trinajstić information content (AvgIpc) is 3.15. The van der Waals surface area contributed by atoms with Crippen molar-refractivity contribution in [3.63, 3.8) is 0 Å². The molecule has 0 aliphatic rings. The third kappa shape index (κ3) is 5.46. The number of carbonyl (C=O) groups is 1. The summed E-state index contributed by atoms with van der Waals surface area (Å²) in [6.45, 7) is 0.540. The summed E-state index contributed by atoms with van der Waals surface area (Å²) in [5.41, 5.74) is 1.55. The molecule has 0 spiro atoms. The molecule has 3 rings (SSSR count). The van der Waals surface area contributed by atoms with Gasteiger partial charge in [-0.1, -0.05) is 30.0 Å². The van der Waals surface area contributed by atoms with E-state index < -0.39 is 0 Å². The first kappa shape index (κ1) is 22.4. The third-order valence-electron chi connectivity index (χ3n) is 4.68. The number of nitrogens with zero attached hydrogens (tertiary/aromatic N) is 4. The van der Waals surface area contributed by atoms with Crippen LogP contribution in [0.3, 0.4) is 0 Å². The number of halogens is 1. The molecule has 164 valence electrons. The normalized spacial score (nSPS) is 10.7. The van der Waals surface area contributed by atoms with E-state index in [1.807, 2.05) is 18.2 Å². The minimum Gasteiger partial charge on any atom is -0.493 e. The number of nitrogens with two attached hydrogens (primary N) is 1. The second-order valence-corrected chi connectivity index (χ2v) is 7.67. The van der Waals surface area contributed by atoms with E-state index in [0.717, 1.165) is 5.56 Å². The molecule has 0 saturated heterocycles. The highest BCUT2D eigenvalue weighted by Gasteiger charge is 2.16. The molecular formula is C21H24FN5O3S. The summed E-state index contributed by atoms with van der Waals surface area (Å²) in [6.07, 6.45) is 0.671. The lowest BCUT2D eigenvalue weighted by Gasteiger charge is -2.17. The van der Waals surface area contributed by atoms with Crippen LogP contribution < -0.4 is 15.3 Å². The number of benzene rings is 2. The van der Waals surface area contributed by atoms with E-state index in [1.54, 1.807) is 38.3 Å². The number of hydrogen-bond acceptors (Lipinski definition) is 7. The predicted octanol–water partition coefficient (Wildman–Crippen LogP) is 2.61. The van der Waals surface area contributed by atoms with Crippen molar-refractivity contribution in [1.29, 1.82) is 0 Å². The standard InChI is InChI=1S/C21H24FN5O3S/c1-26(10-9-14-7-8-17(29-2)18(11-14)30-3)19(28)13-31-21-25-24-20(27(21)23)15-5-4-6-16(22)12-15/h4-8,11-12H,9-10,13,23H2,1-3H3. The van der Waals surface area contributed by atoms with Crippen LogP contribution in [0.15, 0.2) is 47.6 Å². The number of carbonyl (C=O) groups excluding carboxylic acids is 1. The summed E-state index contributed by atoms with van der Waals surface area (Å²) >= 11 is 1.18. The topological polar surface area (TPSA) is 95.5 Å². The van der Waals surface area contributed by atoms with Crippen LogP contribution >= 0.6 is 11.8 Å². The molecule has 0 bridgehead atoms. The maximum Gasteiger partial charge on any atom is 0.232 e. The van der Waals surface area contributed by atoms with Crippen LogP contribution in [0.2, 0.25) is 0 Å². The molecule has 0 radical (unpaired) electrons. The highest BCUT2D eigenvalue weighted by atomic mass is 32.2. The molecule has 2 N–H and O–H groups in total. The van der Waals surface area contributed by atoms with Gasteiger partial charge in [-0.15, -0.1) is 10.2 Å². The number of aromatic nitrogens is 3.